The van der Waals surface area contributed by atoms with Crippen molar-refractivity contribution in [1.82, 2.24) is 0 Å². The molecular weight excluding hydrogens is 401 g/mol. The predicted molar refractivity (Wildman–Crippen MR) is 111 cm³/mol. The average Bonchev–Trinajstić information content (AvgIpc) is 2.75. The molecule has 6 nitrogen and oxygen atoms in total. The van der Waals surface area contributed by atoms with E-state index in [4.69, 9.17) is 9.47 Å². The summed E-state index contributed by atoms with van der Waals surface area (Å²) in [6.45, 7) is 0.681. The van der Waals surface area contributed by atoms with Gasteiger partial charge in [-0.05, 0) is 30.3 Å². The second-order valence-corrected chi connectivity index (χ2v) is 7.02. The number of fused-ring (bicyclic) bond motifs is 2. The van der Waals surface area contributed by atoms with Crippen LogP contribution in [0, 0.1) is 5.82 Å². The molecule has 0 spiro atoms. The van der Waals surface area contributed by atoms with Crippen LogP contribution in [0.5, 0.6) is 11.5 Å². The molecule has 0 fully saturated rings. The van der Waals surface area contributed by atoms with E-state index in [9.17, 15) is 18.8 Å². The van der Waals surface area contributed by atoms with Crippen molar-refractivity contribution < 1.29 is 28.2 Å². The van der Waals surface area contributed by atoms with Gasteiger partial charge in [-0.1, -0.05) is 36.4 Å². The Morgan fingerprint density at radius 1 is 0.968 bits per heavy atom. The van der Waals surface area contributed by atoms with Crippen molar-refractivity contribution in [2.45, 2.75) is 12.8 Å². The Bertz CT molecular complexity index is 1140. The number of esters is 1. The van der Waals surface area contributed by atoms with Gasteiger partial charge >= 0.3 is 5.97 Å². The molecule has 1 amide bonds. The van der Waals surface area contributed by atoms with E-state index in [-0.39, 0.29) is 17.2 Å². The first-order chi connectivity index (χ1) is 14.9. The summed E-state index contributed by atoms with van der Waals surface area (Å²) >= 11 is 0. The molecule has 0 radical (unpaired) electrons. The zero-order valence-corrected chi connectivity index (χ0v) is 16.6. The van der Waals surface area contributed by atoms with Crippen LogP contribution in [0.1, 0.15) is 34.3 Å². The maximum Gasteiger partial charge on any atom is 0.318 e. The largest absolute Gasteiger partial charge is 0.457 e. The minimum Gasteiger partial charge on any atom is -0.457 e. The average molecular weight is 419 g/mol. The number of hydrogen-bond acceptors (Lipinski definition) is 5. The number of halogens is 1. The Morgan fingerprint density at radius 3 is 2.16 bits per heavy atom. The molecule has 31 heavy (non-hydrogen) atoms. The highest BCUT2D eigenvalue weighted by Crippen LogP contribution is 2.44. The van der Waals surface area contributed by atoms with E-state index in [0.29, 0.717) is 22.6 Å². The van der Waals surface area contributed by atoms with E-state index in [1.165, 1.54) is 19.1 Å². The number of amides is 1. The fraction of sp³-hybridized carbons (Fsp3) is 0.125. The van der Waals surface area contributed by atoms with Crippen LogP contribution in [0.2, 0.25) is 0 Å². The summed E-state index contributed by atoms with van der Waals surface area (Å²) in [7, 11) is 0. The first kappa shape index (κ1) is 20.3. The Hall–Kier alpha value is -4.00. The quantitative estimate of drug-likeness (QED) is 0.488. The van der Waals surface area contributed by atoms with Gasteiger partial charge in [0.2, 0.25) is 11.7 Å². The van der Waals surface area contributed by atoms with Gasteiger partial charge in [-0.25, -0.2) is 4.39 Å². The highest BCUT2D eigenvalue weighted by molar-refractivity contribution is 5.99. The fourth-order valence-corrected chi connectivity index (χ4v) is 3.48. The second-order valence-electron chi connectivity index (χ2n) is 7.02. The highest BCUT2D eigenvalue weighted by atomic mass is 19.1. The van der Waals surface area contributed by atoms with Gasteiger partial charge in [-0.15, -0.1) is 0 Å². The van der Waals surface area contributed by atoms with Crippen LogP contribution in [0.4, 0.5) is 10.1 Å². The molecule has 0 atom stereocenters. The molecular formula is C24H18FNO5. The number of carbonyl (C=O) groups excluding carboxylic acids is 3. The van der Waals surface area contributed by atoms with E-state index in [0.717, 1.165) is 6.07 Å². The molecule has 0 bridgehead atoms. The maximum atomic E-state index is 14.3. The smallest absolute Gasteiger partial charge is 0.318 e. The van der Waals surface area contributed by atoms with Gasteiger partial charge in [0.1, 0.15) is 23.2 Å². The van der Waals surface area contributed by atoms with Gasteiger partial charge in [0.15, 0.2) is 6.61 Å². The zero-order chi connectivity index (χ0) is 22.0. The number of para-hydroxylation sites is 2. The molecule has 0 saturated carbocycles. The maximum absolute atomic E-state index is 14.3. The van der Waals surface area contributed by atoms with Crippen LogP contribution >= 0.6 is 0 Å². The molecule has 3 aromatic carbocycles. The standard InChI is InChI=1S/C24H18FNO5/c1-14(27)26-15-10-11-16(19(25)12-15)20(28)13-30-24(29)23-17-6-2-4-8-21(17)31-22-9-5-3-7-18(22)23/h2-12,23H,13H2,1H3,(H,26,27). The van der Waals surface area contributed by atoms with Crippen LogP contribution in [-0.4, -0.2) is 24.3 Å². The van der Waals surface area contributed by atoms with E-state index in [1.54, 1.807) is 48.5 Å². The van der Waals surface area contributed by atoms with Crippen LogP contribution in [0.25, 0.3) is 0 Å². The van der Waals surface area contributed by atoms with Crippen LogP contribution in [0.15, 0.2) is 66.7 Å². The van der Waals surface area contributed by atoms with E-state index < -0.39 is 30.1 Å². The van der Waals surface area contributed by atoms with Crippen molar-refractivity contribution in [2.75, 3.05) is 11.9 Å². The molecule has 1 N–H and O–H groups in total. The Labute approximate surface area is 177 Å². The summed E-state index contributed by atoms with van der Waals surface area (Å²) in [5.74, 6) is -2.18. The molecule has 156 valence electrons. The minimum atomic E-state index is -0.811. The minimum absolute atomic E-state index is 0.227. The van der Waals surface area contributed by atoms with E-state index in [1.807, 2.05) is 0 Å². The summed E-state index contributed by atoms with van der Waals surface area (Å²) in [5, 5.41) is 2.44. The fourth-order valence-electron chi connectivity index (χ4n) is 3.48. The lowest BCUT2D eigenvalue weighted by Gasteiger charge is -2.26. The van der Waals surface area contributed by atoms with E-state index in [2.05, 4.69) is 5.32 Å². The summed E-state index contributed by atoms with van der Waals surface area (Å²) in [5.41, 5.74) is 1.26. The number of Topliss-reactive ketones (excluding diaryl/α,β-unsaturated/α-hetero) is 1. The topological polar surface area (TPSA) is 81.7 Å². The zero-order valence-electron chi connectivity index (χ0n) is 16.6. The molecule has 0 aliphatic carbocycles. The number of benzene rings is 3. The van der Waals surface area contributed by atoms with Crippen molar-refractivity contribution in [2.24, 2.45) is 0 Å². The van der Waals surface area contributed by atoms with Gasteiger partial charge in [0, 0.05) is 23.7 Å². The summed E-state index contributed by atoms with van der Waals surface area (Å²) < 4.78 is 25.4. The first-order valence-corrected chi connectivity index (χ1v) is 9.56. The Morgan fingerprint density at radius 2 is 1.58 bits per heavy atom. The number of anilines is 1. The Balaban J connectivity index is 1.52. The van der Waals surface area contributed by atoms with Crippen LogP contribution in [-0.2, 0) is 14.3 Å². The lowest BCUT2D eigenvalue weighted by atomic mass is 9.88. The normalized spacial score (nSPS) is 12.2. The lowest BCUT2D eigenvalue weighted by Crippen LogP contribution is -2.24. The number of rotatable bonds is 5. The lowest BCUT2D eigenvalue weighted by molar-refractivity contribution is -0.143. The molecule has 4 rings (SSSR count). The number of nitrogens with one attached hydrogen (secondary N) is 1. The number of hydrogen-bond donors (Lipinski definition) is 1. The summed E-state index contributed by atoms with van der Waals surface area (Å²) in [6, 6.07) is 17.9. The third-order valence-electron chi connectivity index (χ3n) is 4.85. The number of ketones is 1. The Kier molecular flexibility index (Phi) is 5.49. The van der Waals surface area contributed by atoms with Gasteiger partial charge in [-0.3, -0.25) is 14.4 Å². The monoisotopic (exact) mass is 419 g/mol. The number of ether oxygens (including phenoxy) is 2. The third kappa shape index (κ3) is 4.16. The van der Waals surface area contributed by atoms with Crippen molar-refractivity contribution in [3.8, 4) is 11.5 Å². The molecule has 0 aromatic heterocycles. The molecule has 1 heterocycles. The van der Waals surface area contributed by atoms with E-state index >= 15 is 0 Å². The molecule has 7 heteroatoms. The predicted octanol–water partition coefficient (Wildman–Crippen LogP) is 4.45. The van der Waals surface area contributed by atoms with Gasteiger partial charge < -0.3 is 14.8 Å². The number of carbonyl (C=O) groups is 3. The molecule has 0 unspecified atom stereocenters. The first-order valence-electron chi connectivity index (χ1n) is 9.56. The molecule has 1 aliphatic heterocycles. The summed E-state index contributed by atoms with van der Waals surface area (Å²) in [6.07, 6.45) is 0. The van der Waals surface area contributed by atoms with Crippen molar-refractivity contribution >= 4 is 23.3 Å². The van der Waals surface area contributed by atoms with Gasteiger partial charge in [0.05, 0.1) is 5.56 Å². The highest BCUT2D eigenvalue weighted by Gasteiger charge is 2.34. The van der Waals surface area contributed by atoms with Crippen molar-refractivity contribution in [1.29, 1.82) is 0 Å². The molecule has 0 saturated heterocycles. The van der Waals surface area contributed by atoms with Crippen molar-refractivity contribution in [3.05, 3.63) is 89.2 Å². The van der Waals surface area contributed by atoms with Gasteiger partial charge in [0.25, 0.3) is 0 Å². The van der Waals surface area contributed by atoms with Gasteiger partial charge in [-0.2, -0.15) is 0 Å². The third-order valence-corrected chi connectivity index (χ3v) is 4.85. The second kappa shape index (κ2) is 8.39. The van der Waals surface area contributed by atoms with Crippen molar-refractivity contribution in [3.63, 3.8) is 0 Å². The summed E-state index contributed by atoms with van der Waals surface area (Å²) in [4.78, 5) is 36.5. The van der Waals surface area contributed by atoms with Crippen LogP contribution in [0.3, 0.4) is 0 Å². The van der Waals surface area contributed by atoms with Crippen LogP contribution < -0.4 is 10.1 Å². The molecule has 3 aromatic rings. The SMILES string of the molecule is CC(=O)Nc1ccc(C(=O)COC(=O)C2c3ccccc3Oc3ccccc32)c(F)c1. The molecule has 1 aliphatic rings.